The van der Waals surface area contributed by atoms with Gasteiger partial charge in [0.05, 0.1) is 17.3 Å². The normalized spacial score (nSPS) is 16.7. The fraction of sp³-hybridized carbons (Fsp3) is 0.238. The molecule has 1 aliphatic heterocycles. The first-order valence-corrected chi connectivity index (χ1v) is 10.2. The molecule has 6 nitrogen and oxygen atoms in total. The molecule has 5 heterocycles. The van der Waals surface area contributed by atoms with Crippen LogP contribution in [0.5, 0.6) is 0 Å². The lowest BCUT2D eigenvalue weighted by atomic mass is 10.2. The van der Waals surface area contributed by atoms with Crippen LogP contribution in [0.2, 0.25) is 0 Å². The van der Waals surface area contributed by atoms with Crippen molar-refractivity contribution in [3.63, 3.8) is 0 Å². The minimum Gasteiger partial charge on any atom is -0.340 e. The molecule has 0 spiro atoms. The highest BCUT2D eigenvalue weighted by Crippen LogP contribution is 2.34. The van der Waals surface area contributed by atoms with E-state index >= 15 is 0 Å². The van der Waals surface area contributed by atoms with Gasteiger partial charge in [-0.05, 0) is 41.6 Å². The Bertz CT molecular complexity index is 1110. The van der Waals surface area contributed by atoms with Gasteiger partial charge in [-0.3, -0.25) is 9.78 Å². The SMILES string of the molecule is O=C(Cc1cccnc1)N1CC[C@H](n2c(-c3cccs3)nc3cccnc32)C1. The molecule has 4 aromatic rings. The molecular weight excluding hydrogens is 370 g/mol. The Morgan fingerprint density at radius 3 is 2.93 bits per heavy atom. The minimum absolute atomic E-state index is 0.144. The first kappa shape index (κ1) is 17.1. The van der Waals surface area contributed by atoms with Crippen LogP contribution in [0.4, 0.5) is 0 Å². The number of likely N-dealkylation sites (tertiary alicyclic amines) is 1. The van der Waals surface area contributed by atoms with Crippen molar-refractivity contribution < 1.29 is 4.79 Å². The number of hydrogen-bond donors (Lipinski definition) is 0. The largest absolute Gasteiger partial charge is 0.340 e. The highest BCUT2D eigenvalue weighted by molar-refractivity contribution is 7.13. The number of pyridine rings is 2. The average Bonchev–Trinajstić information content (AvgIpc) is 3.46. The Hall–Kier alpha value is -3.06. The highest BCUT2D eigenvalue weighted by atomic mass is 32.1. The lowest BCUT2D eigenvalue weighted by Gasteiger charge is -2.18. The lowest BCUT2D eigenvalue weighted by molar-refractivity contribution is -0.129. The molecule has 140 valence electrons. The fourth-order valence-corrected chi connectivity index (χ4v) is 4.53. The van der Waals surface area contributed by atoms with Gasteiger partial charge >= 0.3 is 0 Å². The van der Waals surface area contributed by atoms with E-state index in [9.17, 15) is 4.79 Å². The van der Waals surface area contributed by atoms with Gasteiger partial charge in [-0.1, -0.05) is 12.1 Å². The molecule has 1 atom stereocenters. The molecule has 0 saturated carbocycles. The van der Waals surface area contributed by atoms with E-state index in [2.05, 4.69) is 26.0 Å². The van der Waals surface area contributed by atoms with Crippen LogP contribution in [0, 0.1) is 0 Å². The van der Waals surface area contributed by atoms with Crippen LogP contribution in [0.15, 0.2) is 60.4 Å². The monoisotopic (exact) mass is 389 g/mol. The maximum atomic E-state index is 12.8. The van der Waals surface area contributed by atoms with E-state index in [-0.39, 0.29) is 11.9 Å². The number of fused-ring (bicyclic) bond motifs is 1. The molecule has 0 aromatic carbocycles. The van der Waals surface area contributed by atoms with E-state index in [0.29, 0.717) is 13.0 Å². The maximum Gasteiger partial charge on any atom is 0.227 e. The predicted molar refractivity (Wildman–Crippen MR) is 109 cm³/mol. The third-order valence-corrected chi connectivity index (χ3v) is 6.02. The third-order valence-electron chi connectivity index (χ3n) is 5.15. The van der Waals surface area contributed by atoms with Crippen LogP contribution in [0.3, 0.4) is 0 Å². The first-order chi connectivity index (χ1) is 13.8. The Labute approximate surface area is 166 Å². The molecule has 5 rings (SSSR count). The molecule has 0 unspecified atom stereocenters. The Morgan fingerprint density at radius 1 is 1.18 bits per heavy atom. The van der Waals surface area contributed by atoms with Crippen molar-refractivity contribution in [2.24, 2.45) is 0 Å². The van der Waals surface area contributed by atoms with Gasteiger partial charge in [-0.25, -0.2) is 9.97 Å². The van der Waals surface area contributed by atoms with E-state index in [1.54, 1.807) is 29.9 Å². The Balaban J connectivity index is 1.44. The summed E-state index contributed by atoms with van der Waals surface area (Å²) >= 11 is 1.67. The summed E-state index contributed by atoms with van der Waals surface area (Å²) in [6.45, 7) is 1.43. The van der Waals surface area contributed by atoms with Gasteiger partial charge in [-0.2, -0.15) is 0 Å². The zero-order valence-electron chi connectivity index (χ0n) is 15.2. The molecule has 0 bridgehead atoms. The number of thiophene rings is 1. The third kappa shape index (κ3) is 3.07. The van der Waals surface area contributed by atoms with Crippen molar-refractivity contribution in [1.82, 2.24) is 24.4 Å². The average molecular weight is 389 g/mol. The van der Waals surface area contributed by atoms with Gasteiger partial charge in [0.25, 0.3) is 0 Å². The van der Waals surface area contributed by atoms with Crippen LogP contribution >= 0.6 is 11.3 Å². The summed E-state index contributed by atoms with van der Waals surface area (Å²) in [5.74, 6) is 1.08. The van der Waals surface area contributed by atoms with Gasteiger partial charge in [0.15, 0.2) is 11.5 Å². The van der Waals surface area contributed by atoms with Gasteiger partial charge in [0.1, 0.15) is 5.52 Å². The number of amides is 1. The number of rotatable bonds is 4. The standard InChI is InChI=1S/C21H19N5OS/c27-19(12-15-4-1-8-22-13-15)25-10-7-16(14-25)26-20-17(5-2-9-23-20)24-21(26)18-6-3-11-28-18/h1-6,8-9,11,13,16H,7,10,12,14H2/t16-/m0/s1. The van der Waals surface area contributed by atoms with Crippen molar-refractivity contribution >= 4 is 28.4 Å². The topological polar surface area (TPSA) is 63.9 Å². The number of carbonyl (C=O) groups excluding carboxylic acids is 1. The Morgan fingerprint density at radius 2 is 2.11 bits per heavy atom. The van der Waals surface area contributed by atoms with Crippen molar-refractivity contribution in [3.05, 3.63) is 65.9 Å². The number of carbonyl (C=O) groups is 1. The zero-order valence-corrected chi connectivity index (χ0v) is 16.0. The summed E-state index contributed by atoms with van der Waals surface area (Å²) < 4.78 is 2.22. The van der Waals surface area contributed by atoms with Crippen molar-refractivity contribution in [2.75, 3.05) is 13.1 Å². The summed E-state index contributed by atoms with van der Waals surface area (Å²) in [7, 11) is 0. The van der Waals surface area contributed by atoms with Crippen LogP contribution in [0.25, 0.3) is 21.9 Å². The molecule has 1 fully saturated rings. The molecule has 1 saturated heterocycles. The van der Waals surface area contributed by atoms with Gasteiger partial charge in [-0.15, -0.1) is 11.3 Å². The van der Waals surface area contributed by atoms with Gasteiger partial charge in [0.2, 0.25) is 5.91 Å². The van der Waals surface area contributed by atoms with Crippen LogP contribution < -0.4 is 0 Å². The molecular formula is C21H19N5OS. The summed E-state index contributed by atoms with van der Waals surface area (Å²) in [6.07, 6.45) is 6.58. The van der Waals surface area contributed by atoms with Crippen LogP contribution in [0.1, 0.15) is 18.0 Å². The number of aromatic nitrogens is 4. The second-order valence-electron chi connectivity index (χ2n) is 6.95. The van der Waals surface area contributed by atoms with Crippen molar-refractivity contribution in [3.8, 4) is 10.7 Å². The Kier molecular flexibility index (Phi) is 4.37. The minimum atomic E-state index is 0.144. The van der Waals surface area contributed by atoms with Crippen molar-refractivity contribution in [2.45, 2.75) is 18.9 Å². The van der Waals surface area contributed by atoms with E-state index < -0.39 is 0 Å². The van der Waals surface area contributed by atoms with Crippen molar-refractivity contribution in [1.29, 1.82) is 0 Å². The molecule has 28 heavy (non-hydrogen) atoms. The zero-order chi connectivity index (χ0) is 18.9. The number of hydrogen-bond acceptors (Lipinski definition) is 5. The maximum absolute atomic E-state index is 12.8. The lowest BCUT2D eigenvalue weighted by Crippen LogP contribution is -2.30. The molecule has 0 aliphatic carbocycles. The number of imidazole rings is 1. The summed E-state index contributed by atoms with van der Waals surface area (Å²) in [5, 5.41) is 2.06. The van der Waals surface area contributed by atoms with Gasteiger partial charge < -0.3 is 9.47 Å². The van der Waals surface area contributed by atoms with E-state index in [4.69, 9.17) is 4.98 Å². The molecule has 1 aliphatic rings. The molecule has 1 amide bonds. The number of nitrogens with zero attached hydrogens (tertiary/aromatic N) is 5. The van der Waals surface area contributed by atoms with E-state index in [1.165, 1.54) is 0 Å². The van der Waals surface area contributed by atoms with E-state index in [0.717, 1.165) is 40.4 Å². The second kappa shape index (κ2) is 7.16. The van der Waals surface area contributed by atoms with Crippen LogP contribution in [-0.4, -0.2) is 43.4 Å². The first-order valence-electron chi connectivity index (χ1n) is 9.33. The summed E-state index contributed by atoms with van der Waals surface area (Å²) in [4.78, 5) is 29.4. The molecule has 7 heteroatoms. The highest BCUT2D eigenvalue weighted by Gasteiger charge is 2.30. The smallest absolute Gasteiger partial charge is 0.227 e. The predicted octanol–water partition coefficient (Wildman–Crippen LogP) is 3.57. The van der Waals surface area contributed by atoms with E-state index in [1.807, 2.05) is 35.2 Å². The summed E-state index contributed by atoms with van der Waals surface area (Å²) in [6, 6.07) is 12.0. The molecule has 4 aromatic heterocycles. The molecule has 0 radical (unpaired) electrons. The molecule has 0 N–H and O–H groups in total. The van der Waals surface area contributed by atoms with Crippen LogP contribution in [-0.2, 0) is 11.2 Å². The van der Waals surface area contributed by atoms with Gasteiger partial charge in [0, 0.05) is 31.7 Å². The summed E-state index contributed by atoms with van der Waals surface area (Å²) in [5.41, 5.74) is 2.73. The second-order valence-corrected chi connectivity index (χ2v) is 7.90. The quantitative estimate of drug-likeness (QED) is 0.535. The fourth-order valence-electron chi connectivity index (χ4n) is 3.82.